The van der Waals surface area contributed by atoms with Crippen LogP contribution < -0.4 is 14.8 Å². The number of halogens is 2. The first-order valence-electron chi connectivity index (χ1n) is 9.72. The first kappa shape index (κ1) is 24.0. The largest absolute Gasteiger partial charge is 0.490 e. The first-order valence-corrected chi connectivity index (χ1v) is 11.3. The van der Waals surface area contributed by atoms with Gasteiger partial charge in [0.2, 0.25) is 5.91 Å². The smallest absolute Gasteiger partial charge is 0.294 e. The van der Waals surface area contributed by atoms with Crippen molar-refractivity contribution >= 4 is 63.8 Å². The maximum atomic E-state index is 12.8. The SMILES string of the molecule is CCOc1cc(/C=C2/SC(=O)N(CC(=O)Nc3ccccc3Cl)C2=O)cc(Cl)c1OCC. The van der Waals surface area contributed by atoms with E-state index in [4.69, 9.17) is 32.7 Å². The van der Waals surface area contributed by atoms with E-state index in [1.54, 1.807) is 36.4 Å². The van der Waals surface area contributed by atoms with Gasteiger partial charge in [-0.3, -0.25) is 19.3 Å². The van der Waals surface area contributed by atoms with Gasteiger partial charge in [0.25, 0.3) is 11.1 Å². The number of imide groups is 1. The van der Waals surface area contributed by atoms with E-state index in [1.165, 1.54) is 6.08 Å². The summed E-state index contributed by atoms with van der Waals surface area (Å²) in [5.41, 5.74) is 0.960. The molecule has 0 aromatic heterocycles. The lowest BCUT2D eigenvalue weighted by atomic mass is 10.1. The van der Waals surface area contributed by atoms with Crippen LogP contribution in [0.3, 0.4) is 0 Å². The van der Waals surface area contributed by atoms with Crippen molar-refractivity contribution in [3.8, 4) is 11.5 Å². The highest BCUT2D eigenvalue weighted by Gasteiger charge is 2.36. The quantitative estimate of drug-likeness (QED) is 0.490. The van der Waals surface area contributed by atoms with Crippen molar-refractivity contribution in [3.63, 3.8) is 0 Å². The number of amides is 3. The fourth-order valence-corrected chi connectivity index (χ4v) is 4.20. The lowest BCUT2D eigenvalue weighted by Crippen LogP contribution is -2.36. The van der Waals surface area contributed by atoms with E-state index >= 15 is 0 Å². The molecule has 2 aromatic carbocycles. The highest BCUT2D eigenvalue weighted by molar-refractivity contribution is 8.18. The van der Waals surface area contributed by atoms with E-state index in [1.807, 2.05) is 13.8 Å². The van der Waals surface area contributed by atoms with Crippen molar-refractivity contribution in [3.05, 3.63) is 56.9 Å². The third kappa shape index (κ3) is 5.56. The van der Waals surface area contributed by atoms with Gasteiger partial charge in [0.15, 0.2) is 11.5 Å². The van der Waals surface area contributed by atoms with Crippen LogP contribution in [-0.4, -0.2) is 41.7 Å². The number of para-hydroxylation sites is 1. The molecule has 1 N–H and O–H groups in total. The van der Waals surface area contributed by atoms with Crippen LogP contribution in [-0.2, 0) is 9.59 Å². The van der Waals surface area contributed by atoms with E-state index in [0.29, 0.717) is 46.0 Å². The van der Waals surface area contributed by atoms with Gasteiger partial charge in [-0.2, -0.15) is 0 Å². The second kappa shape index (κ2) is 10.8. The Morgan fingerprint density at radius 3 is 2.50 bits per heavy atom. The highest BCUT2D eigenvalue weighted by Crippen LogP contribution is 2.39. The second-order valence-corrected chi connectivity index (χ2v) is 8.30. The molecule has 1 aliphatic heterocycles. The summed E-state index contributed by atoms with van der Waals surface area (Å²) in [7, 11) is 0. The molecule has 0 spiro atoms. The number of rotatable bonds is 8. The first-order chi connectivity index (χ1) is 15.3. The summed E-state index contributed by atoms with van der Waals surface area (Å²) in [6.45, 7) is 4.04. The maximum Gasteiger partial charge on any atom is 0.294 e. The molecule has 3 amide bonds. The van der Waals surface area contributed by atoms with Crippen LogP contribution in [0.25, 0.3) is 6.08 Å². The molecule has 0 saturated carbocycles. The lowest BCUT2D eigenvalue weighted by molar-refractivity contribution is -0.127. The van der Waals surface area contributed by atoms with E-state index in [-0.39, 0.29) is 4.91 Å². The molecule has 3 rings (SSSR count). The van der Waals surface area contributed by atoms with Crippen molar-refractivity contribution in [2.75, 3.05) is 25.1 Å². The van der Waals surface area contributed by atoms with Gasteiger partial charge in [-0.15, -0.1) is 0 Å². The molecule has 168 valence electrons. The fraction of sp³-hybridized carbons (Fsp3) is 0.227. The summed E-state index contributed by atoms with van der Waals surface area (Å²) in [5, 5.41) is 2.73. The molecule has 0 bridgehead atoms. The predicted octanol–water partition coefficient (Wildman–Crippen LogP) is 5.47. The minimum atomic E-state index is -0.572. The molecule has 1 fully saturated rings. The third-order valence-electron chi connectivity index (χ3n) is 4.24. The molecule has 0 atom stereocenters. The maximum absolute atomic E-state index is 12.8. The average Bonchev–Trinajstić information content (AvgIpc) is 3.00. The Morgan fingerprint density at radius 2 is 1.81 bits per heavy atom. The van der Waals surface area contributed by atoms with Gasteiger partial charge >= 0.3 is 0 Å². The van der Waals surface area contributed by atoms with Gasteiger partial charge in [-0.05, 0) is 61.5 Å². The molecule has 0 radical (unpaired) electrons. The molecular weight excluding hydrogens is 475 g/mol. The predicted molar refractivity (Wildman–Crippen MR) is 127 cm³/mol. The Bertz CT molecular complexity index is 1090. The molecule has 1 saturated heterocycles. The summed E-state index contributed by atoms with van der Waals surface area (Å²) >= 11 is 13.1. The zero-order chi connectivity index (χ0) is 23.3. The molecular formula is C22H20Cl2N2O5S. The lowest BCUT2D eigenvalue weighted by Gasteiger charge is -2.14. The van der Waals surface area contributed by atoms with Crippen LogP contribution in [0.1, 0.15) is 19.4 Å². The molecule has 0 unspecified atom stereocenters. The van der Waals surface area contributed by atoms with Crippen molar-refractivity contribution in [1.82, 2.24) is 4.90 Å². The van der Waals surface area contributed by atoms with Crippen LogP contribution in [0.5, 0.6) is 11.5 Å². The van der Waals surface area contributed by atoms with Crippen molar-refractivity contribution < 1.29 is 23.9 Å². The van der Waals surface area contributed by atoms with Gasteiger partial charge in [0.1, 0.15) is 6.54 Å². The number of nitrogens with zero attached hydrogens (tertiary/aromatic N) is 1. The average molecular weight is 495 g/mol. The number of nitrogens with one attached hydrogen (secondary N) is 1. The van der Waals surface area contributed by atoms with Crippen molar-refractivity contribution in [2.45, 2.75) is 13.8 Å². The molecule has 0 aliphatic carbocycles. The molecule has 10 heteroatoms. The topological polar surface area (TPSA) is 84.9 Å². The summed E-state index contributed by atoms with van der Waals surface area (Å²) in [6.07, 6.45) is 1.53. The van der Waals surface area contributed by atoms with Gasteiger partial charge in [-0.1, -0.05) is 35.3 Å². The minimum Gasteiger partial charge on any atom is -0.490 e. The minimum absolute atomic E-state index is 0.170. The van der Waals surface area contributed by atoms with E-state index in [0.717, 1.165) is 16.7 Å². The molecule has 1 heterocycles. The zero-order valence-corrected chi connectivity index (χ0v) is 19.6. The van der Waals surface area contributed by atoms with E-state index in [9.17, 15) is 14.4 Å². The Labute approximate surface area is 199 Å². The summed E-state index contributed by atoms with van der Waals surface area (Å²) < 4.78 is 11.1. The Morgan fingerprint density at radius 1 is 1.09 bits per heavy atom. The highest BCUT2D eigenvalue weighted by atomic mass is 35.5. The number of hydrogen-bond acceptors (Lipinski definition) is 6. The number of anilines is 1. The number of carbonyl (C=O) groups is 3. The standard InChI is InChI=1S/C22H20Cl2N2O5S/c1-3-30-17-10-13(9-15(24)20(17)31-4-2)11-18-21(28)26(22(29)32-18)12-19(27)25-16-8-6-5-7-14(16)23/h5-11H,3-4,12H2,1-2H3,(H,25,27)/b18-11+. The number of carbonyl (C=O) groups excluding carboxylic acids is 3. The molecule has 32 heavy (non-hydrogen) atoms. The molecule has 2 aromatic rings. The number of ether oxygens (including phenoxy) is 2. The Hall–Kier alpha value is -2.68. The summed E-state index contributed by atoms with van der Waals surface area (Å²) in [5.74, 6) is -0.259. The molecule has 1 aliphatic rings. The Kier molecular flexibility index (Phi) is 8.06. The van der Waals surface area contributed by atoms with Crippen molar-refractivity contribution in [2.24, 2.45) is 0 Å². The van der Waals surface area contributed by atoms with Crippen LogP contribution in [0, 0.1) is 0 Å². The van der Waals surface area contributed by atoms with Crippen LogP contribution in [0.15, 0.2) is 41.3 Å². The monoisotopic (exact) mass is 494 g/mol. The van der Waals surface area contributed by atoms with Crippen LogP contribution >= 0.6 is 35.0 Å². The Balaban J connectivity index is 1.78. The van der Waals surface area contributed by atoms with Crippen molar-refractivity contribution in [1.29, 1.82) is 0 Å². The summed E-state index contributed by atoms with van der Waals surface area (Å²) in [4.78, 5) is 38.5. The van der Waals surface area contributed by atoms with Gasteiger partial charge in [-0.25, -0.2) is 0 Å². The second-order valence-electron chi connectivity index (χ2n) is 6.49. The van der Waals surface area contributed by atoms with Gasteiger partial charge in [0, 0.05) is 0 Å². The fourth-order valence-electron chi connectivity index (χ4n) is 2.90. The van der Waals surface area contributed by atoms with E-state index in [2.05, 4.69) is 5.32 Å². The summed E-state index contributed by atoms with van der Waals surface area (Å²) in [6, 6.07) is 9.98. The number of hydrogen-bond donors (Lipinski definition) is 1. The number of thioether (sulfide) groups is 1. The van der Waals surface area contributed by atoms with Crippen LogP contribution in [0.2, 0.25) is 10.0 Å². The third-order valence-corrected chi connectivity index (χ3v) is 5.76. The van der Waals surface area contributed by atoms with Gasteiger partial charge < -0.3 is 14.8 Å². The molecule has 7 nitrogen and oxygen atoms in total. The van der Waals surface area contributed by atoms with Crippen LogP contribution in [0.4, 0.5) is 10.5 Å². The normalized spacial score (nSPS) is 14.8. The van der Waals surface area contributed by atoms with E-state index < -0.39 is 23.6 Å². The van der Waals surface area contributed by atoms with Gasteiger partial charge in [0.05, 0.1) is 33.9 Å². The zero-order valence-electron chi connectivity index (χ0n) is 17.3. The number of benzene rings is 2.